The molecule has 0 bridgehead atoms. The average molecular weight is 275 g/mol. The molecule has 0 unspecified atom stereocenters. The number of halogens is 4. The molecule has 6 heteroatoms. The number of hydrogen-bond donors (Lipinski definition) is 0. The molecule has 1 aromatic carbocycles. The number of benzene rings is 1. The largest absolute Gasteiger partial charge is 0.408 e. The van der Waals surface area contributed by atoms with Crippen LogP contribution in [0.4, 0.5) is 13.2 Å². The van der Waals surface area contributed by atoms with Crippen LogP contribution < -0.4 is 0 Å². The first-order valence-electron chi connectivity index (χ1n) is 5.22. The van der Waals surface area contributed by atoms with Crippen LogP contribution in [0.25, 0.3) is 11.3 Å². The van der Waals surface area contributed by atoms with Gasteiger partial charge in [-0.15, -0.1) is 0 Å². The lowest BCUT2D eigenvalue weighted by atomic mass is 10.1. The highest BCUT2D eigenvalue weighted by Crippen LogP contribution is 2.28. The van der Waals surface area contributed by atoms with Gasteiger partial charge in [0.15, 0.2) is 0 Å². The quantitative estimate of drug-likeness (QED) is 0.807. The molecule has 2 aromatic rings. The Labute approximate surface area is 107 Å². The van der Waals surface area contributed by atoms with E-state index < -0.39 is 12.7 Å². The van der Waals surface area contributed by atoms with Crippen molar-refractivity contribution >= 4 is 11.6 Å². The minimum absolute atomic E-state index is 0.440. The molecule has 2 rings (SSSR count). The molecular weight excluding hydrogens is 265 g/mol. The van der Waals surface area contributed by atoms with Gasteiger partial charge in [-0.2, -0.15) is 18.3 Å². The first-order valence-corrected chi connectivity index (χ1v) is 5.60. The van der Waals surface area contributed by atoms with Gasteiger partial charge in [0.2, 0.25) is 0 Å². The van der Waals surface area contributed by atoms with Crippen LogP contribution in [0.1, 0.15) is 5.56 Å². The molecule has 96 valence electrons. The molecule has 0 spiro atoms. The summed E-state index contributed by atoms with van der Waals surface area (Å²) in [6.45, 7) is 0.610. The van der Waals surface area contributed by atoms with E-state index in [0.717, 1.165) is 4.68 Å². The summed E-state index contributed by atoms with van der Waals surface area (Å²) < 4.78 is 38.3. The SMILES string of the molecule is Cc1cnn(CC(F)(F)F)c1-c1cccc(Cl)c1. The van der Waals surface area contributed by atoms with E-state index in [9.17, 15) is 13.2 Å². The van der Waals surface area contributed by atoms with Gasteiger partial charge in [0.05, 0.1) is 11.9 Å². The van der Waals surface area contributed by atoms with Gasteiger partial charge in [-0.1, -0.05) is 23.7 Å². The van der Waals surface area contributed by atoms with Crippen molar-refractivity contribution in [3.05, 3.63) is 41.0 Å². The van der Waals surface area contributed by atoms with Gasteiger partial charge in [-0.25, -0.2) is 0 Å². The predicted molar refractivity (Wildman–Crippen MR) is 63.5 cm³/mol. The van der Waals surface area contributed by atoms with Crippen molar-refractivity contribution in [1.82, 2.24) is 9.78 Å². The van der Waals surface area contributed by atoms with Crippen molar-refractivity contribution in [2.75, 3.05) is 0 Å². The molecule has 0 N–H and O–H groups in total. The van der Waals surface area contributed by atoms with E-state index in [1.54, 1.807) is 31.2 Å². The summed E-state index contributed by atoms with van der Waals surface area (Å²) in [5.41, 5.74) is 1.75. The van der Waals surface area contributed by atoms with Crippen molar-refractivity contribution in [3.8, 4) is 11.3 Å². The monoisotopic (exact) mass is 274 g/mol. The summed E-state index contributed by atoms with van der Waals surface area (Å²) >= 11 is 5.85. The van der Waals surface area contributed by atoms with Crippen molar-refractivity contribution in [2.24, 2.45) is 0 Å². The minimum Gasteiger partial charge on any atom is -0.255 e. The highest BCUT2D eigenvalue weighted by atomic mass is 35.5. The lowest BCUT2D eigenvalue weighted by Gasteiger charge is -2.11. The third-order valence-electron chi connectivity index (χ3n) is 2.45. The van der Waals surface area contributed by atoms with E-state index in [0.29, 0.717) is 21.8 Å². The molecule has 0 aliphatic heterocycles. The molecule has 0 aliphatic carbocycles. The molecule has 0 fully saturated rings. The summed E-state index contributed by atoms with van der Waals surface area (Å²) in [6.07, 6.45) is -2.88. The Hall–Kier alpha value is -1.49. The van der Waals surface area contributed by atoms with Crippen LogP contribution in [0.15, 0.2) is 30.5 Å². The zero-order valence-corrected chi connectivity index (χ0v) is 10.3. The van der Waals surface area contributed by atoms with Crippen LogP contribution in [-0.2, 0) is 6.54 Å². The minimum atomic E-state index is -4.30. The van der Waals surface area contributed by atoms with E-state index in [1.807, 2.05) is 0 Å². The van der Waals surface area contributed by atoms with Crippen molar-refractivity contribution in [3.63, 3.8) is 0 Å². The van der Waals surface area contributed by atoms with Crippen molar-refractivity contribution in [2.45, 2.75) is 19.6 Å². The molecule has 18 heavy (non-hydrogen) atoms. The zero-order valence-electron chi connectivity index (χ0n) is 9.50. The maximum Gasteiger partial charge on any atom is 0.408 e. The Bertz CT molecular complexity index is 561. The van der Waals surface area contributed by atoms with Gasteiger partial charge in [-0.05, 0) is 24.6 Å². The summed E-state index contributed by atoms with van der Waals surface area (Å²) in [5, 5.41) is 4.24. The first-order chi connectivity index (χ1) is 8.37. The van der Waals surface area contributed by atoms with Gasteiger partial charge >= 0.3 is 6.18 Å². The standard InChI is InChI=1S/C12H10ClF3N2/c1-8-6-17-18(7-12(14,15)16)11(8)9-3-2-4-10(13)5-9/h2-6H,7H2,1H3. The Kier molecular flexibility index (Phi) is 3.34. The fourth-order valence-corrected chi connectivity index (χ4v) is 1.97. The number of alkyl halides is 3. The Morgan fingerprint density at radius 2 is 2.06 bits per heavy atom. The van der Waals surface area contributed by atoms with Gasteiger partial charge in [0.1, 0.15) is 6.54 Å². The molecule has 0 aliphatic rings. The third kappa shape index (κ3) is 2.85. The molecule has 2 nitrogen and oxygen atoms in total. The van der Waals surface area contributed by atoms with Crippen LogP contribution in [0.3, 0.4) is 0 Å². The van der Waals surface area contributed by atoms with Crippen LogP contribution in [0.2, 0.25) is 5.02 Å². The summed E-state index contributed by atoms with van der Waals surface area (Å²) in [5.74, 6) is 0. The number of rotatable bonds is 2. The van der Waals surface area contributed by atoms with Crippen molar-refractivity contribution < 1.29 is 13.2 Å². The fourth-order valence-electron chi connectivity index (χ4n) is 1.78. The van der Waals surface area contributed by atoms with Gasteiger partial charge < -0.3 is 0 Å². The number of hydrogen-bond acceptors (Lipinski definition) is 1. The van der Waals surface area contributed by atoms with Crippen LogP contribution in [0.5, 0.6) is 0 Å². The summed E-state index contributed by atoms with van der Waals surface area (Å²) in [4.78, 5) is 0. The molecule has 0 saturated carbocycles. The topological polar surface area (TPSA) is 17.8 Å². The highest BCUT2D eigenvalue weighted by Gasteiger charge is 2.30. The number of aryl methyl sites for hydroxylation is 1. The van der Waals surface area contributed by atoms with E-state index in [1.165, 1.54) is 6.20 Å². The molecule has 1 aromatic heterocycles. The Morgan fingerprint density at radius 3 is 2.67 bits per heavy atom. The zero-order chi connectivity index (χ0) is 13.3. The maximum absolute atomic E-state index is 12.4. The molecule has 0 atom stereocenters. The Morgan fingerprint density at radius 1 is 1.33 bits per heavy atom. The number of aromatic nitrogens is 2. The average Bonchev–Trinajstić information content (AvgIpc) is 2.57. The first kappa shape index (κ1) is 13.0. The smallest absolute Gasteiger partial charge is 0.255 e. The number of nitrogens with zero attached hydrogens (tertiary/aromatic N) is 2. The fraction of sp³-hybridized carbons (Fsp3) is 0.250. The van der Waals surface area contributed by atoms with Gasteiger partial charge in [-0.3, -0.25) is 4.68 Å². The van der Waals surface area contributed by atoms with E-state index in [4.69, 9.17) is 11.6 Å². The Balaban J connectivity index is 2.47. The molecular formula is C12H10ClF3N2. The van der Waals surface area contributed by atoms with Gasteiger partial charge in [0.25, 0.3) is 0 Å². The normalized spacial score (nSPS) is 11.8. The van der Waals surface area contributed by atoms with Crippen LogP contribution in [0, 0.1) is 6.92 Å². The lowest BCUT2D eigenvalue weighted by Crippen LogP contribution is -2.19. The second kappa shape index (κ2) is 4.65. The van der Waals surface area contributed by atoms with E-state index >= 15 is 0 Å². The molecule has 0 radical (unpaired) electrons. The maximum atomic E-state index is 12.4. The molecule has 1 heterocycles. The second-order valence-corrected chi connectivity index (χ2v) is 4.40. The van der Waals surface area contributed by atoms with Crippen LogP contribution in [-0.4, -0.2) is 16.0 Å². The molecule has 0 saturated heterocycles. The van der Waals surface area contributed by atoms with Gasteiger partial charge in [0, 0.05) is 10.6 Å². The van der Waals surface area contributed by atoms with E-state index in [2.05, 4.69) is 5.10 Å². The van der Waals surface area contributed by atoms with Crippen LogP contribution >= 0.6 is 11.6 Å². The summed E-state index contributed by atoms with van der Waals surface area (Å²) in [7, 11) is 0. The highest BCUT2D eigenvalue weighted by molar-refractivity contribution is 6.30. The van der Waals surface area contributed by atoms with E-state index in [-0.39, 0.29) is 0 Å². The van der Waals surface area contributed by atoms with Crippen molar-refractivity contribution in [1.29, 1.82) is 0 Å². The third-order valence-corrected chi connectivity index (χ3v) is 2.68. The predicted octanol–water partition coefficient (Wildman–Crippen LogP) is 4.07. The second-order valence-electron chi connectivity index (χ2n) is 3.96. The molecule has 0 amide bonds. The lowest BCUT2D eigenvalue weighted by molar-refractivity contribution is -0.142. The summed E-state index contributed by atoms with van der Waals surface area (Å²) in [6, 6.07) is 6.70.